The molecule has 118 valence electrons. The molecule has 2 aliphatic carbocycles. The van der Waals surface area contributed by atoms with Crippen LogP contribution in [-0.4, -0.2) is 24.0 Å². The van der Waals surface area contributed by atoms with Crippen LogP contribution in [0, 0.1) is 17.7 Å². The van der Waals surface area contributed by atoms with E-state index in [-0.39, 0.29) is 11.6 Å². The van der Waals surface area contributed by atoms with Crippen molar-refractivity contribution >= 4 is 16.5 Å². The number of nitrogens with zero attached hydrogens (tertiary/aromatic N) is 1. The van der Waals surface area contributed by atoms with Gasteiger partial charge >= 0.3 is 0 Å². The topological polar surface area (TPSA) is 31.4 Å². The van der Waals surface area contributed by atoms with Crippen molar-refractivity contribution in [2.45, 2.75) is 25.0 Å². The van der Waals surface area contributed by atoms with Crippen LogP contribution in [0.3, 0.4) is 0 Å². The summed E-state index contributed by atoms with van der Waals surface area (Å²) in [5.41, 5.74) is 3.28. The van der Waals surface area contributed by atoms with Crippen LogP contribution in [0.15, 0.2) is 36.5 Å². The Morgan fingerprint density at radius 3 is 2.83 bits per heavy atom. The van der Waals surface area contributed by atoms with Crippen LogP contribution >= 0.6 is 0 Å². The van der Waals surface area contributed by atoms with E-state index < -0.39 is 0 Å². The van der Waals surface area contributed by atoms with Crippen molar-refractivity contribution in [3.63, 3.8) is 0 Å². The fraction of sp³-hybridized carbons (Fsp3) is 0.421. The van der Waals surface area contributed by atoms with E-state index in [0.717, 1.165) is 35.7 Å². The Balaban J connectivity index is 1.51. The molecule has 0 amide bonds. The first-order valence-corrected chi connectivity index (χ1v) is 8.26. The maximum Gasteiger partial charge on any atom is 0.169 e. The molecule has 0 unspecified atom stereocenters. The molecule has 1 aliphatic heterocycles. The number of halogens is 1. The molecule has 3 nitrogen and oxygen atoms in total. The lowest BCUT2D eigenvalue weighted by molar-refractivity contribution is -0.153. The zero-order valence-electron chi connectivity index (χ0n) is 12.8. The molecule has 1 saturated heterocycles. The highest BCUT2D eigenvalue weighted by atomic mass is 19.1. The molecule has 2 heterocycles. The standard InChI is InChI=1S/C19H18FNO2/c20-15-1-2-18-17(9-15)16(3-4-21-18)12-7-13-10-19(11-14(13)8-12)22-5-6-23-19/h1-4,7,9,13-14H,5-6,8,10-11H2/t13-,14+/m0/s1. The first kappa shape index (κ1) is 13.6. The van der Waals surface area contributed by atoms with Crippen LogP contribution in [-0.2, 0) is 9.47 Å². The molecule has 5 rings (SSSR count). The minimum atomic E-state index is -0.330. The molecular weight excluding hydrogens is 293 g/mol. The molecule has 2 atom stereocenters. The average molecular weight is 311 g/mol. The van der Waals surface area contributed by atoms with E-state index in [4.69, 9.17) is 9.47 Å². The van der Waals surface area contributed by atoms with E-state index in [1.54, 1.807) is 12.1 Å². The Morgan fingerprint density at radius 1 is 1.13 bits per heavy atom. The number of benzene rings is 1. The van der Waals surface area contributed by atoms with Gasteiger partial charge in [0.1, 0.15) is 5.82 Å². The lowest BCUT2D eigenvalue weighted by Gasteiger charge is -2.22. The van der Waals surface area contributed by atoms with Gasteiger partial charge in [0.2, 0.25) is 0 Å². The second-order valence-electron chi connectivity index (χ2n) is 6.86. The summed E-state index contributed by atoms with van der Waals surface area (Å²) in [4.78, 5) is 4.35. The van der Waals surface area contributed by atoms with Crippen molar-refractivity contribution in [2.75, 3.05) is 13.2 Å². The highest BCUT2D eigenvalue weighted by molar-refractivity contribution is 5.92. The maximum atomic E-state index is 13.7. The van der Waals surface area contributed by atoms with Gasteiger partial charge in [0.15, 0.2) is 5.79 Å². The molecule has 1 aromatic carbocycles. The van der Waals surface area contributed by atoms with Crippen molar-refractivity contribution in [1.82, 2.24) is 4.98 Å². The highest BCUT2D eigenvalue weighted by Crippen LogP contribution is 2.53. The zero-order valence-corrected chi connectivity index (χ0v) is 12.8. The quantitative estimate of drug-likeness (QED) is 0.799. The third-order valence-corrected chi connectivity index (χ3v) is 5.49. The number of hydrogen-bond donors (Lipinski definition) is 0. The summed E-state index contributed by atoms with van der Waals surface area (Å²) < 4.78 is 25.4. The molecule has 1 spiro atoms. The fourth-order valence-electron chi connectivity index (χ4n) is 4.52. The van der Waals surface area contributed by atoms with Gasteiger partial charge in [-0.1, -0.05) is 6.08 Å². The largest absolute Gasteiger partial charge is 0.348 e. The van der Waals surface area contributed by atoms with Crippen molar-refractivity contribution in [1.29, 1.82) is 0 Å². The summed E-state index contributed by atoms with van der Waals surface area (Å²) in [5.74, 6) is 0.529. The summed E-state index contributed by atoms with van der Waals surface area (Å²) in [6.45, 7) is 1.43. The van der Waals surface area contributed by atoms with Gasteiger partial charge in [-0.2, -0.15) is 0 Å². The lowest BCUT2D eigenvalue weighted by atomic mass is 9.96. The number of aromatic nitrogens is 1. The molecule has 2 fully saturated rings. The Kier molecular flexibility index (Phi) is 2.88. The molecule has 0 radical (unpaired) electrons. The normalized spacial score (nSPS) is 28.5. The van der Waals surface area contributed by atoms with Crippen molar-refractivity contribution in [3.8, 4) is 0 Å². The summed E-state index contributed by atoms with van der Waals surface area (Å²) in [6, 6.07) is 6.82. The lowest BCUT2D eigenvalue weighted by Crippen LogP contribution is -2.26. The predicted octanol–water partition coefficient (Wildman–Crippen LogP) is 3.93. The van der Waals surface area contributed by atoms with Crippen LogP contribution in [0.5, 0.6) is 0 Å². The third-order valence-electron chi connectivity index (χ3n) is 5.49. The second-order valence-corrected chi connectivity index (χ2v) is 6.86. The number of hydrogen-bond acceptors (Lipinski definition) is 3. The van der Waals surface area contributed by atoms with Crippen molar-refractivity contribution in [3.05, 3.63) is 47.9 Å². The zero-order chi connectivity index (χ0) is 15.4. The number of fused-ring (bicyclic) bond motifs is 2. The van der Waals surface area contributed by atoms with Gasteiger partial charge < -0.3 is 9.47 Å². The first-order valence-electron chi connectivity index (χ1n) is 8.26. The smallest absolute Gasteiger partial charge is 0.169 e. The maximum absolute atomic E-state index is 13.7. The van der Waals surface area contributed by atoms with E-state index in [0.29, 0.717) is 25.0 Å². The molecule has 4 heteroatoms. The molecule has 0 bridgehead atoms. The second kappa shape index (κ2) is 4.86. The Morgan fingerprint density at radius 2 is 2.00 bits per heavy atom. The Bertz CT molecular complexity index is 810. The first-order chi connectivity index (χ1) is 11.2. The molecule has 0 N–H and O–H groups in total. The van der Waals surface area contributed by atoms with Gasteiger partial charge in [-0.15, -0.1) is 0 Å². The average Bonchev–Trinajstić information content (AvgIpc) is 3.22. The number of ether oxygens (including phenoxy) is 2. The Hall–Kier alpha value is -1.78. The highest BCUT2D eigenvalue weighted by Gasteiger charge is 2.50. The van der Waals surface area contributed by atoms with Crippen molar-refractivity contribution in [2.24, 2.45) is 11.8 Å². The van der Waals surface area contributed by atoms with Gasteiger partial charge in [-0.05, 0) is 53.7 Å². The minimum absolute atomic E-state index is 0.211. The van der Waals surface area contributed by atoms with Gasteiger partial charge in [0.05, 0.1) is 18.7 Å². The van der Waals surface area contributed by atoms with E-state index in [9.17, 15) is 4.39 Å². The molecular formula is C19H18FNO2. The summed E-state index contributed by atoms with van der Waals surface area (Å²) >= 11 is 0. The van der Waals surface area contributed by atoms with E-state index in [1.165, 1.54) is 11.6 Å². The molecule has 23 heavy (non-hydrogen) atoms. The molecule has 3 aliphatic rings. The predicted molar refractivity (Wildman–Crippen MR) is 85.1 cm³/mol. The number of allylic oxidation sites excluding steroid dienone is 2. The van der Waals surface area contributed by atoms with E-state index in [1.807, 2.05) is 12.3 Å². The van der Waals surface area contributed by atoms with Crippen LogP contribution in [0.25, 0.3) is 16.5 Å². The molecule has 2 aromatic rings. The van der Waals surface area contributed by atoms with Gasteiger partial charge in [0, 0.05) is 24.4 Å². The SMILES string of the molecule is Fc1ccc2nccc(C3=C[C@H]4CC5(C[C@H]4C3)OCCO5)c2c1. The van der Waals surface area contributed by atoms with Gasteiger partial charge in [0.25, 0.3) is 0 Å². The summed E-state index contributed by atoms with van der Waals surface area (Å²) in [6.07, 6.45) is 7.09. The monoisotopic (exact) mass is 311 g/mol. The van der Waals surface area contributed by atoms with Gasteiger partial charge in [-0.3, -0.25) is 4.98 Å². The number of pyridine rings is 1. The third kappa shape index (κ3) is 2.12. The van der Waals surface area contributed by atoms with Crippen LogP contribution in [0.4, 0.5) is 4.39 Å². The van der Waals surface area contributed by atoms with E-state index in [2.05, 4.69) is 11.1 Å². The van der Waals surface area contributed by atoms with Crippen LogP contribution < -0.4 is 0 Å². The van der Waals surface area contributed by atoms with Crippen LogP contribution in [0.2, 0.25) is 0 Å². The van der Waals surface area contributed by atoms with Gasteiger partial charge in [-0.25, -0.2) is 4.39 Å². The van der Waals surface area contributed by atoms with Crippen LogP contribution in [0.1, 0.15) is 24.8 Å². The summed E-state index contributed by atoms with van der Waals surface area (Å²) in [7, 11) is 0. The Labute approximate surface area is 134 Å². The summed E-state index contributed by atoms with van der Waals surface area (Å²) in [5, 5.41) is 0.904. The van der Waals surface area contributed by atoms with E-state index >= 15 is 0 Å². The number of rotatable bonds is 1. The minimum Gasteiger partial charge on any atom is -0.348 e. The van der Waals surface area contributed by atoms with Crippen molar-refractivity contribution < 1.29 is 13.9 Å². The fourth-order valence-corrected chi connectivity index (χ4v) is 4.52. The molecule has 1 aromatic heterocycles. The molecule has 1 saturated carbocycles.